The maximum Gasteiger partial charge on any atom is 0.270 e. The molecule has 1 unspecified atom stereocenters. The van der Waals surface area contributed by atoms with Gasteiger partial charge in [0, 0.05) is 4.90 Å². The number of para-hydroxylation sites is 1. The maximum atomic E-state index is 11.4. The van der Waals surface area contributed by atoms with Crippen molar-refractivity contribution in [1.29, 1.82) is 0 Å². The summed E-state index contributed by atoms with van der Waals surface area (Å²) < 4.78 is 0. The third-order valence-corrected chi connectivity index (χ3v) is 3.52. The molecular formula is C10H8N2OS. The molecule has 0 spiro atoms. The van der Waals surface area contributed by atoms with Gasteiger partial charge < -0.3 is 4.90 Å². The number of amides is 1. The Hall–Kier alpha value is -1.29. The van der Waals surface area contributed by atoms with Crippen molar-refractivity contribution >= 4 is 28.5 Å². The van der Waals surface area contributed by atoms with E-state index < -0.39 is 0 Å². The fourth-order valence-electron chi connectivity index (χ4n) is 1.74. The molecule has 0 N–H and O–H groups in total. The lowest BCUT2D eigenvalue weighted by atomic mass is 10.2. The number of anilines is 1. The van der Waals surface area contributed by atoms with E-state index in [1.54, 1.807) is 11.8 Å². The molecule has 2 heterocycles. The van der Waals surface area contributed by atoms with Crippen LogP contribution in [0.3, 0.4) is 0 Å². The van der Waals surface area contributed by atoms with Crippen LogP contribution in [0.25, 0.3) is 0 Å². The van der Waals surface area contributed by atoms with E-state index in [1.807, 2.05) is 30.0 Å². The van der Waals surface area contributed by atoms with E-state index in [0.717, 1.165) is 10.9 Å². The number of thioether (sulfide) groups is 1. The minimum atomic E-state index is -0.138. The predicted octanol–water partition coefficient (Wildman–Crippen LogP) is 1.88. The van der Waals surface area contributed by atoms with Gasteiger partial charge in [-0.1, -0.05) is 12.1 Å². The monoisotopic (exact) mass is 204 g/mol. The highest BCUT2D eigenvalue weighted by atomic mass is 32.2. The molecule has 70 valence electrons. The lowest BCUT2D eigenvalue weighted by Crippen LogP contribution is -2.32. The molecule has 1 amide bonds. The Labute approximate surface area is 85.8 Å². The molecule has 2 aliphatic heterocycles. The van der Waals surface area contributed by atoms with Crippen molar-refractivity contribution in [1.82, 2.24) is 0 Å². The molecular weight excluding hydrogens is 196 g/mol. The van der Waals surface area contributed by atoms with Gasteiger partial charge in [0.2, 0.25) is 0 Å². The molecule has 0 bridgehead atoms. The van der Waals surface area contributed by atoms with Crippen molar-refractivity contribution in [2.24, 2.45) is 4.99 Å². The Morgan fingerprint density at radius 2 is 2.21 bits per heavy atom. The van der Waals surface area contributed by atoms with E-state index in [1.165, 1.54) is 4.90 Å². The standard InChI is InChI=1S/C10H8N2OS/c1-6-9(13)11-10-12(6)7-4-2-3-5-8(7)14-10/h2-6H,1H3. The number of amidine groups is 1. The Morgan fingerprint density at radius 1 is 1.43 bits per heavy atom. The zero-order valence-corrected chi connectivity index (χ0v) is 8.41. The van der Waals surface area contributed by atoms with Crippen molar-refractivity contribution in [3.63, 3.8) is 0 Å². The summed E-state index contributed by atoms with van der Waals surface area (Å²) in [6.07, 6.45) is 0. The van der Waals surface area contributed by atoms with Gasteiger partial charge in [-0.15, -0.1) is 0 Å². The first-order valence-corrected chi connectivity index (χ1v) is 5.27. The fraction of sp³-hybridized carbons (Fsp3) is 0.200. The van der Waals surface area contributed by atoms with E-state index in [9.17, 15) is 4.79 Å². The Morgan fingerprint density at radius 3 is 3.07 bits per heavy atom. The number of fused-ring (bicyclic) bond motifs is 3. The first kappa shape index (κ1) is 8.05. The summed E-state index contributed by atoms with van der Waals surface area (Å²) >= 11 is 1.57. The van der Waals surface area contributed by atoms with E-state index in [2.05, 4.69) is 11.1 Å². The van der Waals surface area contributed by atoms with Crippen LogP contribution in [0.5, 0.6) is 0 Å². The number of carbonyl (C=O) groups excluding carboxylic acids is 1. The van der Waals surface area contributed by atoms with Crippen LogP contribution in [0, 0.1) is 0 Å². The van der Waals surface area contributed by atoms with Gasteiger partial charge in [0.05, 0.1) is 5.69 Å². The minimum Gasteiger partial charge on any atom is -0.307 e. The second-order valence-electron chi connectivity index (χ2n) is 3.35. The molecule has 0 aliphatic carbocycles. The summed E-state index contributed by atoms with van der Waals surface area (Å²) in [6, 6.07) is 7.93. The first-order valence-electron chi connectivity index (χ1n) is 4.46. The van der Waals surface area contributed by atoms with Crippen LogP contribution < -0.4 is 4.90 Å². The van der Waals surface area contributed by atoms with Gasteiger partial charge in [-0.3, -0.25) is 4.79 Å². The average Bonchev–Trinajstić information content (AvgIpc) is 2.65. The van der Waals surface area contributed by atoms with Crippen LogP contribution >= 0.6 is 11.8 Å². The third-order valence-electron chi connectivity index (χ3n) is 2.48. The van der Waals surface area contributed by atoms with Crippen LogP contribution in [0.2, 0.25) is 0 Å². The molecule has 1 aromatic rings. The maximum absolute atomic E-state index is 11.4. The number of nitrogens with zero attached hydrogens (tertiary/aromatic N) is 2. The zero-order valence-electron chi connectivity index (χ0n) is 7.60. The molecule has 0 radical (unpaired) electrons. The SMILES string of the molecule is CC1C(=O)N=C2Sc3ccccc3N21. The summed E-state index contributed by atoms with van der Waals surface area (Å²) in [7, 11) is 0. The van der Waals surface area contributed by atoms with E-state index >= 15 is 0 Å². The third kappa shape index (κ3) is 0.889. The van der Waals surface area contributed by atoms with Crippen molar-refractivity contribution in [2.45, 2.75) is 17.9 Å². The molecule has 14 heavy (non-hydrogen) atoms. The van der Waals surface area contributed by atoms with Crippen LogP contribution in [-0.2, 0) is 4.79 Å². The summed E-state index contributed by atoms with van der Waals surface area (Å²) in [6.45, 7) is 1.89. The second-order valence-corrected chi connectivity index (χ2v) is 4.36. The van der Waals surface area contributed by atoms with Gasteiger partial charge in [-0.2, -0.15) is 4.99 Å². The van der Waals surface area contributed by atoms with Crippen molar-refractivity contribution in [3.8, 4) is 0 Å². The smallest absolute Gasteiger partial charge is 0.270 e. The summed E-state index contributed by atoms with van der Waals surface area (Å²) in [5.74, 6) is -0.0398. The van der Waals surface area contributed by atoms with Gasteiger partial charge in [-0.05, 0) is 30.8 Å². The summed E-state index contributed by atoms with van der Waals surface area (Å²) in [5, 5.41) is 0.823. The van der Waals surface area contributed by atoms with Crippen LogP contribution in [0.1, 0.15) is 6.92 Å². The lowest BCUT2D eigenvalue weighted by molar-refractivity contribution is -0.117. The quantitative estimate of drug-likeness (QED) is 0.647. The minimum absolute atomic E-state index is 0.0398. The van der Waals surface area contributed by atoms with Crippen LogP contribution in [-0.4, -0.2) is 17.1 Å². The van der Waals surface area contributed by atoms with Gasteiger partial charge in [0.15, 0.2) is 5.17 Å². The Balaban J connectivity index is 2.16. The number of benzene rings is 1. The van der Waals surface area contributed by atoms with Gasteiger partial charge in [0.25, 0.3) is 5.91 Å². The number of aliphatic imine (C=N–C) groups is 1. The highest BCUT2D eigenvalue weighted by Gasteiger charge is 2.38. The van der Waals surface area contributed by atoms with E-state index in [4.69, 9.17) is 0 Å². The van der Waals surface area contributed by atoms with Crippen molar-refractivity contribution in [2.75, 3.05) is 4.90 Å². The summed E-state index contributed by atoms with van der Waals surface area (Å²) in [4.78, 5) is 18.6. The molecule has 3 nitrogen and oxygen atoms in total. The number of hydrogen-bond acceptors (Lipinski definition) is 3. The normalized spacial score (nSPS) is 23.5. The van der Waals surface area contributed by atoms with Crippen LogP contribution in [0.15, 0.2) is 34.2 Å². The van der Waals surface area contributed by atoms with Crippen LogP contribution in [0.4, 0.5) is 5.69 Å². The van der Waals surface area contributed by atoms with Crippen molar-refractivity contribution in [3.05, 3.63) is 24.3 Å². The fourth-order valence-corrected chi connectivity index (χ4v) is 2.85. The molecule has 0 saturated carbocycles. The van der Waals surface area contributed by atoms with E-state index in [0.29, 0.717) is 0 Å². The molecule has 0 saturated heterocycles. The zero-order chi connectivity index (χ0) is 9.71. The largest absolute Gasteiger partial charge is 0.307 e. The summed E-state index contributed by atoms with van der Waals surface area (Å²) in [5.41, 5.74) is 1.11. The first-order chi connectivity index (χ1) is 6.77. The predicted molar refractivity (Wildman–Crippen MR) is 56.7 cm³/mol. The topological polar surface area (TPSA) is 32.7 Å². The highest BCUT2D eigenvalue weighted by molar-refractivity contribution is 8.14. The Kier molecular flexibility index (Phi) is 1.50. The van der Waals surface area contributed by atoms with Gasteiger partial charge in [0.1, 0.15) is 6.04 Å². The molecule has 3 rings (SSSR count). The van der Waals surface area contributed by atoms with E-state index in [-0.39, 0.29) is 11.9 Å². The molecule has 4 heteroatoms. The number of rotatable bonds is 0. The van der Waals surface area contributed by atoms with Gasteiger partial charge in [-0.25, -0.2) is 0 Å². The average molecular weight is 204 g/mol. The number of carbonyl (C=O) groups is 1. The lowest BCUT2D eigenvalue weighted by Gasteiger charge is -2.17. The Bertz CT molecular complexity index is 455. The van der Waals surface area contributed by atoms with Gasteiger partial charge >= 0.3 is 0 Å². The molecule has 0 aromatic heterocycles. The highest BCUT2D eigenvalue weighted by Crippen LogP contribution is 2.43. The molecule has 0 fully saturated rings. The van der Waals surface area contributed by atoms with Crippen molar-refractivity contribution < 1.29 is 4.79 Å². The molecule has 1 aromatic carbocycles. The molecule has 1 atom stereocenters. The second kappa shape index (κ2) is 2.60. The number of hydrogen-bond donors (Lipinski definition) is 0. The molecule has 2 aliphatic rings.